The molecule has 4 rings (SSSR count). The molecule has 12 heteroatoms. The van der Waals surface area contributed by atoms with E-state index in [2.05, 4.69) is 0 Å². The molecule has 0 spiro atoms. The lowest BCUT2D eigenvalue weighted by Crippen LogP contribution is -2.66. The van der Waals surface area contributed by atoms with E-state index < -0.39 is 58.0 Å². The van der Waals surface area contributed by atoms with E-state index in [1.165, 1.54) is 9.80 Å². The molecule has 2 aromatic carbocycles. The number of benzene rings is 2. The van der Waals surface area contributed by atoms with Gasteiger partial charge < -0.3 is 29.8 Å². The normalized spacial score (nSPS) is 19.1. The summed E-state index contributed by atoms with van der Waals surface area (Å²) in [6.07, 6.45) is 3.89. The lowest BCUT2D eigenvalue weighted by molar-refractivity contribution is -0.159. The summed E-state index contributed by atoms with van der Waals surface area (Å²) in [6.45, 7) is 16.0. The number of carbonyl (C=O) groups excluding carboxylic acids is 4. The highest BCUT2D eigenvalue weighted by molar-refractivity contribution is 6.31. The molecule has 2 aliphatic heterocycles. The minimum Gasteiger partial charge on any atom is -0.474 e. The van der Waals surface area contributed by atoms with Gasteiger partial charge in [0.05, 0.1) is 0 Å². The van der Waals surface area contributed by atoms with Crippen LogP contribution in [0.2, 0.25) is 0 Å². The van der Waals surface area contributed by atoms with Gasteiger partial charge in [-0.25, -0.2) is 9.59 Å². The highest BCUT2D eigenvalue weighted by Crippen LogP contribution is 2.43. The van der Waals surface area contributed by atoms with E-state index >= 15 is 0 Å². The number of rotatable bonds is 11. The van der Waals surface area contributed by atoms with Crippen molar-refractivity contribution in [1.82, 2.24) is 19.6 Å². The van der Waals surface area contributed by atoms with Crippen LogP contribution in [0, 0.1) is 0 Å². The number of aliphatic carboxylic acids is 2. The fourth-order valence-electron chi connectivity index (χ4n) is 9.48. The smallest absolute Gasteiger partial charge is 0.394 e. The minimum absolute atomic E-state index is 0.117. The van der Waals surface area contributed by atoms with Crippen LogP contribution in [0.4, 0.5) is 0 Å². The topological polar surface area (TPSA) is 156 Å². The van der Waals surface area contributed by atoms with Crippen LogP contribution in [0.3, 0.4) is 0 Å². The van der Waals surface area contributed by atoms with Crippen molar-refractivity contribution in [3.05, 3.63) is 71.8 Å². The molecule has 0 atom stereocenters. The first-order valence-corrected chi connectivity index (χ1v) is 19.0. The largest absolute Gasteiger partial charge is 0.474 e. The fourth-order valence-corrected chi connectivity index (χ4v) is 9.48. The molecule has 2 fully saturated rings. The third kappa shape index (κ3) is 9.30. The second-order valence-electron chi connectivity index (χ2n) is 17.4. The van der Waals surface area contributed by atoms with Crippen molar-refractivity contribution in [2.75, 3.05) is 13.1 Å². The molecular weight excluding hydrogens is 688 g/mol. The van der Waals surface area contributed by atoms with E-state index in [0.717, 1.165) is 0 Å². The molecule has 2 aromatic rings. The molecule has 0 unspecified atom stereocenters. The molecule has 54 heavy (non-hydrogen) atoms. The van der Waals surface area contributed by atoms with Gasteiger partial charge in [-0.2, -0.15) is 0 Å². The van der Waals surface area contributed by atoms with Crippen LogP contribution in [-0.4, -0.2) is 113 Å². The van der Waals surface area contributed by atoms with Gasteiger partial charge in [0.1, 0.15) is 0 Å². The number of piperidine rings is 2. The summed E-state index contributed by atoms with van der Waals surface area (Å²) in [5.41, 5.74) is -1.57. The summed E-state index contributed by atoms with van der Waals surface area (Å²) in [4.78, 5) is 84.1. The number of amides is 4. The fraction of sp³-hybridized carbons (Fsp3) is 0.571. The van der Waals surface area contributed by atoms with Crippen LogP contribution in [0.25, 0.3) is 0 Å². The van der Waals surface area contributed by atoms with Crippen molar-refractivity contribution in [1.29, 1.82) is 0 Å². The number of likely N-dealkylation sites (tertiary alicyclic amines) is 2. The van der Waals surface area contributed by atoms with E-state index in [9.17, 15) is 39.0 Å². The number of carbonyl (C=O) groups is 6. The Bertz CT molecular complexity index is 1540. The predicted molar refractivity (Wildman–Crippen MR) is 205 cm³/mol. The Morgan fingerprint density at radius 2 is 0.796 bits per heavy atom. The van der Waals surface area contributed by atoms with Crippen molar-refractivity contribution >= 4 is 35.6 Å². The zero-order valence-corrected chi connectivity index (χ0v) is 33.1. The molecule has 0 saturated carbocycles. The molecule has 4 amide bonds. The maximum Gasteiger partial charge on any atom is 0.394 e. The lowest BCUT2D eigenvalue weighted by atomic mass is 9.75. The van der Waals surface area contributed by atoms with Gasteiger partial charge >= 0.3 is 23.8 Å². The first-order chi connectivity index (χ1) is 25.1. The molecule has 2 heterocycles. The van der Waals surface area contributed by atoms with Crippen LogP contribution >= 0.6 is 0 Å². The van der Waals surface area contributed by atoms with E-state index in [1.807, 2.05) is 102 Å². The molecule has 2 aliphatic rings. The number of unbranched alkanes of at least 4 members (excludes halogenated alkanes) is 3. The average molecular weight is 747 g/mol. The van der Waals surface area contributed by atoms with Crippen molar-refractivity contribution in [2.24, 2.45) is 0 Å². The van der Waals surface area contributed by atoms with Crippen molar-refractivity contribution in [3.63, 3.8) is 0 Å². The average Bonchev–Trinajstić information content (AvgIpc) is 3.07. The van der Waals surface area contributed by atoms with Crippen molar-refractivity contribution in [2.45, 2.75) is 141 Å². The Hall–Kier alpha value is -4.74. The van der Waals surface area contributed by atoms with Crippen LogP contribution in [-0.2, 0) is 19.2 Å². The molecule has 0 bridgehead atoms. The maximum atomic E-state index is 13.7. The van der Waals surface area contributed by atoms with Crippen LogP contribution in [0.15, 0.2) is 60.7 Å². The molecular formula is C42H58N4O8. The van der Waals surface area contributed by atoms with E-state index in [1.54, 1.807) is 24.3 Å². The molecule has 12 nitrogen and oxygen atoms in total. The molecule has 0 aromatic heterocycles. The summed E-state index contributed by atoms with van der Waals surface area (Å²) < 4.78 is 0. The first-order valence-electron chi connectivity index (χ1n) is 19.0. The number of nitrogens with zero attached hydrogens (tertiary/aromatic N) is 4. The number of hydrogen-bond donors (Lipinski definition) is 2. The van der Waals surface area contributed by atoms with E-state index in [0.29, 0.717) is 62.5 Å². The zero-order valence-electron chi connectivity index (χ0n) is 33.1. The van der Waals surface area contributed by atoms with Gasteiger partial charge in [-0.15, -0.1) is 0 Å². The van der Waals surface area contributed by atoms with Crippen LogP contribution in [0.5, 0.6) is 0 Å². The minimum atomic E-state index is -1.53. The van der Waals surface area contributed by atoms with Gasteiger partial charge in [0.2, 0.25) is 0 Å². The SMILES string of the molecule is CC1(C)CC(N(CCCCCCN(C(=O)C(=O)O)C2CC(C)(C)N(C(=O)c3ccccc3)C(C)(C)C2)C(=O)C(=O)O)CC(C)(C)N1C(=O)c1ccccc1. The summed E-state index contributed by atoms with van der Waals surface area (Å²) in [7, 11) is 0. The van der Waals surface area contributed by atoms with Gasteiger partial charge in [-0.3, -0.25) is 19.2 Å². The van der Waals surface area contributed by atoms with Gasteiger partial charge in [0, 0.05) is 58.5 Å². The quantitative estimate of drug-likeness (QED) is 0.207. The number of carboxylic acids is 2. The molecule has 294 valence electrons. The van der Waals surface area contributed by atoms with Gasteiger partial charge in [0.25, 0.3) is 11.8 Å². The predicted octanol–water partition coefficient (Wildman–Crippen LogP) is 6.10. The van der Waals surface area contributed by atoms with E-state index in [-0.39, 0.29) is 24.9 Å². The highest BCUT2D eigenvalue weighted by Gasteiger charge is 2.51. The molecule has 0 aliphatic carbocycles. The monoisotopic (exact) mass is 746 g/mol. The third-order valence-electron chi connectivity index (χ3n) is 11.1. The summed E-state index contributed by atoms with van der Waals surface area (Å²) >= 11 is 0. The second kappa shape index (κ2) is 16.3. The maximum absolute atomic E-state index is 13.7. The van der Waals surface area contributed by atoms with Gasteiger partial charge in [-0.05, 0) is 118 Å². The Balaban J connectivity index is 1.40. The first kappa shape index (κ1) is 42.0. The standard InChI is InChI=1S/C42H58N4O8/c1-39(2)25-31(26-40(3,4)45(39)33(47)29-19-13-11-14-20-29)43(35(49)37(51)52)23-17-9-10-18-24-44(36(50)38(53)54)32-27-41(5,6)46(42(7,8)28-32)34(48)30-21-15-12-16-22-30/h11-16,19-22,31-32H,9-10,17-18,23-28H2,1-8H3,(H,51,52)(H,53,54). The highest BCUT2D eigenvalue weighted by atomic mass is 16.4. The molecule has 0 radical (unpaired) electrons. The van der Waals surface area contributed by atoms with Crippen LogP contribution in [0.1, 0.15) is 127 Å². The second-order valence-corrected chi connectivity index (χ2v) is 17.4. The Labute approximate surface area is 319 Å². The Morgan fingerprint density at radius 3 is 1.06 bits per heavy atom. The Morgan fingerprint density at radius 1 is 0.519 bits per heavy atom. The van der Waals surface area contributed by atoms with Gasteiger partial charge in [0.15, 0.2) is 0 Å². The molecule has 2 saturated heterocycles. The van der Waals surface area contributed by atoms with E-state index in [4.69, 9.17) is 0 Å². The summed E-state index contributed by atoms with van der Waals surface area (Å²) in [5.74, 6) is -5.25. The third-order valence-corrected chi connectivity index (χ3v) is 11.1. The van der Waals surface area contributed by atoms with Crippen molar-refractivity contribution < 1.29 is 39.0 Å². The number of carboxylic acid groups (broad SMARTS) is 2. The van der Waals surface area contributed by atoms with Crippen molar-refractivity contribution in [3.8, 4) is 0 Å². The van der Waals surface area contributed by atoms with Crippen LogP contribution < -0.4 is 0 Å². The lowest BCUT2D eigenvalue weighted by Gasteiger charge is -2.57. The molecule has 2 N–H and O–H groups in total. The van der Waals surface area contributed by atoms with Gasteiger partial charge in [-0.1, -0.05) is 49.2 Å². The zero-order chi connectivity index (χ0) is 40.2. The number of hydrogen-bond acceptors (Lipinski definition) is 6. The Kier molecular flexibility index (Phi) is 12.7. The summed E-state index contributed by atoms with van der Waals surface area (Å²) in [6, 6.07) is 17.2. The summed E-state index contributed by atoms with van der Waals surface area (Å²) in [5, 5.41) is 19.5.